The van der Waals surface area contributed by atoms with E-state index in [4.69, 9.17) is 4.98 Å². The van der Waals surface area contributed by atoms with Crippen molar-refractivity contribution in [3.63, 3.8) is 0 Å². The first-order valence-electron chi connectivity index (χ1n) is 11.1. The van der Waals surface area contributed by atoms with Gasteiger partial charge in [0, 0.05) is 10.9 Å². The van der Waals surface area contributed by atoms with E-state index in [1.54, 1.807) is 17.6 Å². The van der Waals surface area contributed by atoms with Crippen molar-refractivity contribution in [1.82, 2.24) is 14.5 Å². The van der Waals surface area contributed by atoms with Gasteiger partial charge in [0.15, 0.2) is 10.3 Å². The van der Waals surface area contributed by atoms with E-state index in [0.29, 0.717) is 26.9 Å². The average molecular weight is 499 g/mol. The zero-order valence-electron chi connectivity index (χ0n) is 19.1. The molecule has 3 aromatic carbocycles. The second-order valence-electron chi connectivity index (χ2n) is 8.04. The normalized spacial score (nSPS) is 11.9. The molecule has 35 heavy (non-hydrogen) atoms. The Morgan fingerprint density at radius 3 is 2.46 bits per heavy atom. The van der Waals surface area contributed by atoms with Crippen molar-refractivity contribution in [2.75, 3.05) is 5.32 Å². The van der Waals surface area contributed by atoms with Gasteiger partial charge in [-0.2, -0.15) is 0 Å². The van der Waals surface area contributed by atoms with Crippen LogP contribution in [0.3, 0.4) is 0 Å². The largest absolute Gasteiger partial charge is 0.301 e. The van der Waals surface area contributed by atoms with Crippen LogP contribution < -0.4 is 10.9 Å². The lowest BCUT2D eigenvalue weighted by molar-refractivity contribution is -0.115. The fourth-order valence-corrected chi connectivity index (χ4v) is 5.25. The monoisotopic (exact) mass is 498 g/mol. The average Bonchev–Trinajstić information content (AvgIpc) is 3.34. The van der Waals surface area contributed by atoms with Gasteiger partial charge in [0.25, 0.3) is 5.56 Å². The van der Waals surface area contributed by atoms with Gasteiger partial charge in [0.1, 0.15) is 0 Å². The van der Waals surface area contributed by atoms with Crippen molar-refractivity contribution in [2.45, 2.75) is 24.3 Å². The molecule has 0 saturated carbocycles. The Labute approximate surface area is 210 Å². The third-order valence-corrected chi connectivity index (χ3v) is 7.30. The SMILES string of the molecule is Cc1ccc(-n2c(S[C@@H](C)C(=O)Nc3nc(-c4ccccc4)cs3)nc3ccccc3c2=O)cc1. The van der Waals surface area contributed by atoms with Crippen LogP contribution in [0.25, 0.3) is 27.8 Å². The number of thioether (sulfide) groups is 1. The maximum absolute atomic E-state index is 13.4. The minimum absolute atomic E-state index is 0.165. The van der Waals surface area contributed by atoms with Crippen molar-refractivity contribution >= 4 is 45.0 Å². The molecule has 0 fully saturated rings. The first-order valence-corrected chi connectivity index (χ1v) is 12.8. The van der Waals surface area contributed by atoms with Gasteiger partial charge in [-0.05, 0) is 38.1 Å². The fraction of sp³-hybridized carbons (Fsp3) is 0.111. The highest BCUT2D eigenvalue weighted by Crippen LogP contribution is 2.28. The molecule has 0 spiro atoms. The molecule has 2 heterocycles. The highest BCUT2D eigenvalue weighted by atomic mass is 32.2. The van der Waals surface area contributed by atoms with Gasteiger partial charge < -0.3 is 5.32 Å². The highest BCUT2D eigenvalue weighted by molar-refractivity contribution is 8.00. The summed E-state index contributed by atoms with van der Waals surface area (Å²) in [6.07, 6.45) is 0. The number of hydrogen-bond acceptors (Lipinski definition) is 6. The quantitative estimate of drug-likeness (QED) is 0.232. The van der Waals surface area contributed by atoms with Gasteiger partial charge in [-0.3, -0.25) is 14.2 Å². The topological polar surface area (TPSA) is 76.9 Å². The van der Waals surface area contributed by atoms with Crippen LogP contribution in [0.4, 0.5) is 5.13 Å². The lowest BCUT2D eigenvalue weighted by atomic mass is 10.2. The second kappa shape index (κ2) is 9.85. The predicted molar refractivity (Wildman–Crippen MR) is 144 cm³/mol. The Balaban J connectivity index is 1.43. The minimum atomic E-state index is -0.510. The van der Waals surface area contributed by atoms with Crippen LogP contribution in [-0.4, -0.2) is 25.7 Å². The summed E-state index contributed by atoms with van der Waals surface area (Å²) < 4.78 is 1.58. The number of amides is 1. The van der Waals surface area contributed by atoms with Crippen molar-refractivity contribution in [3.05, 3.63) is 100 Å². The number of anilines is 1. The number of nitrogens with zero attached hydrogens (tertiary/aromatic N) is 3. The van der Waals surface area contributed by atoms with Crippen LogP contribution in [-0.2, 0) is 4.79 Å². The number of fused-ring (bicyclic) bond motifs is 1. The van der Waals surface area contributed by atoms with Crippen LogP contribution in [0.5, 0.6) is 0 Å². The molecule has 0 bridgehead atoms. The number of thiazole rings is 1. The van der Waals surface area contributed by atoms with Gasteiger partial charge in [-0.15, -0.1) is 11.3 Å². The number of rotatable bonds is 6. The highest BCUT2D eigenvalue weighted by Gasteiger charge is 2.21. The van der Waals surface area contributed by atoms with Crippen molar-refractivity contribution in [1.29, 1.82) is 0 Å². The van der Waals surface area contributed by atoms with Gasteiger partial charge in [0.05, 0.1) is 27.5 Å². The molecule has 1 N–H and O–H groups in total. The molecule has 1 amide bonds. The molecule has 2 aromatic heterocycles. The number of para-hydroxylation sites is 1. The number of nitrogens with one attached hydrogen (secondary N) is 1. The van der Waals surface area contributed by atoms with E-state index in [0.717, 1.165) is 16.8 Å². The molecule has 0 aliphatic heterocycles. The Morgan fingerprint density at radius 1 is 0.971 bits per heavy atom. The van der Waals surface area contributed by atoms with E-state index in [2.05, 4.69) is 10.3 Å². The smallest absolute Gasteiger partial charge is 0.266 e. The van der Waals surface area contributed by atoms with Crippen molar-refractivity contribution < 1.29 is 4.79 Å². The zero-order chi connectivity index (χ0) is 24.4. The molecular formula is C27H22N4O2S2. The third kappa shape index (κ3) is 4.89. The van der Waals surface area contributed by atoms with Crippen LogP contribution in [0, 0.1) is 6.92 Å². The number of aromatic nitrogens is 3. The molecule has 5 aromatic rings. The van der Waals surface area contributed by atoms with E-state index in [1.807, 2.05) is 85.1 Å². The Kier molecular flexibility index (Phi) is 6.48. The first-order chi connectivity index (χ1) is 17.0. The molecule has 5 rings (SSSR count). The van der Waals surface area contributed by atoms with E-state index < -0.39 is 5.25 Å². The number of hydrogen-bond donors (Lipinski definition) is 1. The van der Waals surface area contributed by atoms with Crippen molar-refractivity contribution in [3.8, 4) is 16.9 Å². The van der Waals surface area contributed by atoms with E-state index >= 15 is 0 Å². The number of carbonyl (C=O) groups excluding carboxylic acids is 1. The molecule has 0 aliphatic rings. The summed E-state index contributed by atoms with van der Waals surface area (Å²) in [7, 11) is 0. The third-order valence-electron chi connectivity index (χ3n) is 5.49. The van der Waals surface area contributed by atoms with Gasteiger partial charge in [0.2, 0.25) is 5.91 Å². The molecule has 1 atom stereocenters. The molecule has 8 heteroatoms. The summed E-state index contributed by atoms with van der Waals surface area (Å²) in [5.74, 6) is -0.207. The lowest BCUT2D eigenvalue weighted by Crippen LogP contribution is -2.26. The Hall–Kier alpha value is -3.75. The summed E-state index contributed by atoms with van der Waals surface area (Å²) in [6, 6.07) is 24.8. The van der Waals surface area contributed by atoms with Crippen LogP contribution >= 0.6 is 23.1 Å². The number of carbonyl (C=O) groups is 1. The predicted octanol–water partition coefficient (Wildman–Crippen LogP) is 5.94. The standard InChI is InChI=1S/C27H22N4O2S2/c1-17-12-14-20(15-13-17)31-25(33)21-10-6-7-11-22(21)29-27(31)35-18(2)24(32)30-26-28-23(16-34-26)19-8-4-3-5-9-19/h3-16,18H,1-2H3,(H,28,30,32)/t18-/m0/s1. The second-order valence-corrected chi connectivity index (χ2v) is 10.2. The Bertz CT molecular complexity index is 1560. The maximum Gasteiger partial charge on any atom is 0.266 e. The van der Waals surface area contributed by atoms with Gasteiger partial charge in [-0.25, -0.2) is 9.97 Å². The molecule has 0 aliphatic carbocycles. The zero-order valence-corrected chi connectivity index (χ0v) is 20.8. The van der Waals surface area contributed by atoms with E-state index in [9.17, 15) is 9.59 Å². The molecule has 0 saturated heterocycles. The summed E-state index contributed by atoms with van der Waals surface area (Å²) in [6.45, 7) is 3.79. The van der Waals surface area contributed by atoms with Gasteiger partial charge in [-0.1, -0.05) is 71.9 Å². The van der Waals surface area contributed by atoms with Crippen LogP contribution in [0.1, 0.15) is 12.5 Å². The first kappa shape index (κ1) is 23.0. The molecule has 174 valence electrons. The summed E-state index contributed by atoms with van der Waals surface area (Å²) in [4.78, 5) is 35.7. The lowest BCUT2D eigenvalue weighted by Gasteiger charge is -2.16. The molecule has 0 unspecified atom stereocenters. The number of aryl methyl sites for hydroxylation is 1. The van der Waals surface area contributed by atoms with Gasteiger partial charge >= 0.3 is 0 Å². The van der Waals surface area contributed by atoms with Crippen LogP contribution in [0.2, 0.25) is 0 Å². The molecular weight excluding hydrogens is 476 g/mol. The van der Waals surface area contributed by atoms with Crippen LogP contribution in [0.15, 0.2) is 94.2 Å². The minimum Gasteiger partial charge on any atom is -0.301 e. The van der Waals surface area contributed by atoms with E-state index in [-0.39, 0.29) is 11.5 Å². The maximum atomic E-state index is 13.4. The molecule has 6 nitrogen and oxygen atoms in total. The summed E-state index contributed by atoms with van der Waals surface area (Å²) in [5, 5.41) is 5.84. The van der Waals surface area contributed by atoms with E-state index in [1.165, 1.54) is 23.1 Å². The summed E-state index contributed by atoms with van der Waals surface area (Å²) in [5.41, 5.74) is 4.05. The Morgan fingerprint density at radius 2 is 1.69 bits per heavy atom. The summed E-state index contributed by atoms with van der Waals surface area (Å²) >= 11 is 2.62. The fourth-order valence-electron chi connectivity index (χ4n) is 3.60. The molecule has 0 radical (unpaired) electrons. The number of benzene rings is 3. The van der Waals surface area contributed by atoms with Crippen molar-refractivity contribution in [2.24, 2.45) is 0 Å².